The maximum absolute atomic E-state index is 10.5. The first-order chi connectivity index (χ1) is 16.4. The fraction of sp³-hybridized carbons (Fsp3) is 0.480. The Balaban J connectivity index is 0. The number of benzene rings is 2. The van der Waals surface area contributed by atoms with Crippen LogP contribution < -0.4 is 14.8 Å². The molecule has 0 saturated heterocycles. The Hall–Kier alpha value is -3.21. The number of carbonyl (C=O) groups excluding carboxylic acids is 1. The minimum atomic E-state index is 0.0744. The van der Waals surface area contributed by atoms with E-state index in [4.69, 9.17) is 19.4 Å². The number of hydrogen-bond acceptors (Lipinski definition) is 10. The summed E-state index contributed by atoms with van der Waals surface area (Å²) in [5.41, 5.74) is 2.61. The van der Waals surface area contributed by atoms with E-state index in [0.29, 0.717) is 41.3 Å². The van der Waals surface area contributed by atoms with Crippen LogP contribution in [0.1, 0.15) is 22.3 Å². The van der Waals surface area contributed by atoms with Crippen LogP contribution in [-0.2, 0) is 17.9 Å². The van der Waals surface area contributed by atoms with Crippen LogP contribution in [0.4, 0.5) is 0 Å². The summed E-state index contributed by atoms with van der Waals surface area (Å²) in [5.74, 6) is 1.12. The van der Waals surface area contributed by atoms with E-state index in [9.17, 15) is 15.3 Å². The van der Waals surface area contributed by atoms with E-state index in [1.54, 1.807) is 13.8 Å². The lowest BCUT2D eigenvalue weighted by Gasteiger charge is -2.22. The number of rotatable bonds is 6. The number of carbonyl (C=O) groups is 1. The normalized spacial score (nSPS) is 9.83. The van der Waals surface area contributed by atoms with Gasteiger partial charge in [0, 0.05) is 30.3 Å². The Morgan fingerprint density at radius 3 is 1.66 bits per heavy atom. The molecular formula is C25H43N3O7. The van der Waals surface area contributed by atoms with Gasteiger partial charge in [-0.1, -0.05) is 0 Å². The van der Waals surface area contributed by atoms with Crippen LogP contribution in [0, 0.1) is 13.8 Å². The Bertz CT molecular complexity index is 904. The summed E-state index contributed by atoms with van der Waals surface area (Å²) in [4.78, 5) is 11.9. The molecule has 0 saturated carbocycles. The summed E-state index contributed by atoms with van der Waals surface area (Å²) in [6.45, 7) is 6.55. The SMILES string of the molecule is C=O.CNC.COc1c(O)c(C)c(CN(C)C)c(O)c1CN(C)C.COc1cc(O)cc(C)c1O. The molecule has 2 aromatic rings. The van der Waals surface area contributed by atoms with E-state index in [1.165, 1.54) is 26.4 Å². The second-order valence-corrected chi connectivity index (χ2v) is 8.10. The first-order valence-electron chi connectivity index (χ1n) is 10.7. The monoisotopic (exact) mass is 497 g/mol. The van der Waals surface area contributed by atoms with Crippen molar-refractivity contribution < 1.29 is 34.7 Å². The molecule has 35 heavy (non-hydrogen) atoms. The number of nitrogens with one attached hydrogen (secondary N) is 1. The van der Waals surface area contributed by atoms with Gasteiger partial charge in [0.05, 0.1) is 19.8 Å². The van der Waals surface area contributed by atoms with E-state index in [0.717, 1.165) is 5.56 Å². The van der Waals surface area contributed by atoms with Crippen molar-refractivity contribution >= 4 is 6.79 Å². The Morgan fingerprint density at radius 2 is 1.26 bits per heavy atom. The van der Waals surface area contributed by atoms with Gasteiger partial charge in [-0.05, 0) is 67.8 Å². The molecule has 0 aromatic heterocycles. The maximum atomic E-state index is 10.5. The number of aryl methyl sites for hydroxylation is 1. The Labute approximate surface area is 209 Å². The number of aromatic hydroxyl groups is 4. The standard InChI is InChI=1S/C14H24N2O3.C8H10O3.C2H7N.CH2O/c1-9-10(7-15(2)3)13(18)11(8-16(4)5)14(19-6)12(9)17;1-5-3-6(9)4-7(11-2)8(5)10;1-3-2;1-2/h17-18H,7-8H2,1-6H3;3-4,9-10H,1-2H3;3H,1-2H3;1H2. The summed E-state index contributed by atoms with van der Waals surface area (Å²) < 4.78 is 10.0. The zero-order chi connectivity index (χ0) is 27.9. The van der Waals surface area contributed by atoms with E-state index in [1.807, 2.05) is 58.9 Å². The fourth-order valence-corrected chi connectivity index (χ4v) is 3.00. The molecule has 0 aliphatic carbocycles. The molecule has 0 spiro atoms. The molecule has 0 bridgehead atoms. The molecule has 0 amide bonds. The molecule has 2 rings (SSSR count). The molecule has 0 aliphatic heterocycles. The highest BCUT2D eigenvalue weighted by molar-refractivity contribution is 5.61. The molecule has 0 radical (unpaired) electrons. The van der Waals surface area contributed by atoms with Crippen LogP contribution in [0.2, 0.25) is 0 Å². The van der Waals surface area contributed by atoms with Crippen molar-refractivity contribution in [3.05, 3.63) is 34.4 Å². The molecule has 0 fully saturated rings. The van der Waals surface area contributed by atoms with Crippen LogP contribution in [0.15, 0.2) is 12.1 Å². The average Bonchev–Trinajstić information content (AvgIpc) is 2.79. The summed E-state index contributed by atoms with van der Waals surface area (Å²) >= 11 is 0. The van der Waals surface area contributed by atoms with Gasteiger partial charge in [-0.15, -0.1) is 0 Å². The summed E-state index contributed by atoms with van der Waals surface area (Å²) in [6, 6.07) is 2.83. The number of phenolic OH excluding ortho intramolecular Hbond substituents is 4. The first kappa shape index (κ1) is 34.0. The molecule has 10 heteroatoms. The number of nitrogens with zero attached hydrogens (tertiary/aromatic N) is 2. The summed E-state index contributed by atoms with van der Waals surface area (Å²) in [7, 11) is 14.3. The predicted molar refractivity (Wildman–Crippen MR) is 139 cm³/mol. The Morgan fingerprint density at radius 1 is 0.800 bits per heavy atom. The summed E-state index contributed by atoms with van der Waals surface area (Å²) in [6.07, 6.45) is 0. The van der Waals surface area contributed by atoms with Crippen LogP contribution in [0.5, 0.6) is 34.5 Å². The molecule has 0 heterocycles. The third kappa shape index (κ3) is 10.7. The van der Waals surface area contributed by atoms with Crippen LogP contribution >= 0.6 is 0 Å². The van der Waals surface area contributed by atoms with Crippen LogP contribution in [0.3, 0.4) is 0 Å². The van der Waals surface area contributed by atoms with E-state index in [2.05, 4.69) is 5.32 Å². The smallest absolute Gasteiger partial charge is 0.168 e. The van der Waals surface area contributed by atoms with Gasteiger partial charge in [-0.2, -0.15) is 0 Å². The summed E-state index contributed by atoms with van der Waals surface area (Å²) in [5, 5.41) is 41.8. The van der Waals surface area contributed by atoms with E-state index < -0.39 is 0 Å². The topological polar surface area (TPSA) is 135 Å². The maximum Gasteiger partial charge on any atom is 0.168 e. The highest BCUT2D eigenvalue weighted by Crippen LogP contribution is 2.43. The highest BCUT2D eigenvalue weighted by Gasteiger charge is 2.22. The minimum Gasteiger partial charge on any atom is -0.508 e. The van der Waals surface area contributed by atoms with Crippen molar-refractivity contribution in [2.45, 2.75) is 26.9 Å². The van der Waals surface area contributed by atoms with E-state index >= 15 is 0 Å². The van der Waals surface area contributed by atoms with Gasteiger partial charge in [-0.25, -0.2) is 0 Å². The van der Waals surface area contributed by atoms with Gasteiger partial charge in [0.2, 0.25) is 0 Å². The van der Waals surface area contributed by atoms with Gasteiger partial charge in [-0.3, -0.25) is 0 Å². The lowest BCUT2D eigenvalue weighted by molar-refractivity contribution is -0.0980. The molecule has 0 atom stereocenters. The lowest BCUT2D eigenvalue weighted by atomic mass is 9.99. The molecule has 0 aliphatic rings. The molecule has 0 unspecified atom stereocenters. The van der Waals surface area contributed by atoms with Gasteiger partial charge < -0.3 is 49.8 Å². The molecule has 200 valence electrons. The minimum absolute atomic E-state index is 0.0744. The zero-order valence-electron chi connectivity index (χ0n) is 22.7. The van der Waals surface area contributed by atoms with Gasteiger partial charge in [0.1, 0.15) is 18.3 Å². The average molecular weight is 498 g/mol. The predicted octanol–water partition coefficient (Wildman–Crippen LogP) is 2.60. The first-order valence-corrected chi connectivity index (χ1v) is 10.7. The van der Waals surface area contributed by atoms with Crippen molar-refractivity contribution in [1.29, 1.82) is 0 Å². The third-order valence-corrected chi connectivity index (χ3v) is 4.49. The van der Waals surface area contributed by atoms with E-state index in [-0.39, 0.29) is 23.0 Å². The van der Waals surface area contributed by atoms with Crippen molar-refractivity contribution in [3.8, 4) is 34.5 Å². The largest absolute Gasteiger partial charge is 0.508 e. The second-order valence-electron chi connectivity index (χ2n) is 8.10. The molecule has 5 N–H and O–H groups in total. The van der Waals surface area contributed by atoms with Crippen LogP contribution in [-0.4, -0.2) is 93.5 Å². The molecule has 2 aromatic carbocycles. The lowest BCUT2D eigenvalue weighted by Crippen LogP contribution is -2.16. The zero-order valence-corrected chi connectivity index (χ0v) is 22.7. The number of ether oxygens (including phenoxy) is 2. The fourth-order valence-electron chi connectivity index (χ4n) is 3.00. The van der Waals surface area contributed by atoms with Gasteiger partial charge in [0.15, 0.2) is 23.0 Å². The second kappa shape index (κ2) is 17.3. The van der Waals surface area contributed by atoms with Gasteiger partial charge in [0.25, 0.3) is 0 Å². The quantitative estimate of drug-likeness (QED) is 0.379. The van der Waals surface area contributed by atoms with Crippen LogP contribution in [0.25, 0.3) is 0 Å². The number of methoxy groups -OCH3 is 2. The third-order valence-electron chi connectivity index (χ3n) is 4.49. The molecule has 10 nitrogen and oxygen atoms in total. The Kier molecular flexibility index (Phi) is 16.7. The van der Waals surface area contributed by atoms with Crippen molar-refractivity contribution in [3.63, 3.8) is 0 Å². The van der Waals surface area contributed by atoms with Crippen molar-refractivity contribution in [2.24, 2.45) is 0 Å². The number of hydrogen-bond donors (Lipinski definition) is 5. The number of phenols is 4. The highest BCUT2D eigenvalue weighted by atomic mass is 16.5. The van der Waals surface area contributed by atoms with Crippen molar-refractivity contribution in [2.75, 3.05) is 56.5 Å². The molecular weight excluding hydrogens is 454 g/mol. The van der Waals surface area contributed by atoms with Crippen molar-refractivity contribution in [1.82, 2.24) is 15.1 Å². The van der Waals surface area contributed by atoms with Gasteiger partial charge >= 0.3 is 0 Å².